The first kappa shape index (κ1) is 12.5. The third kappa shape index (κ3) is 2.58. The van der Waals surface area contributed by atoms with Crippen LogP contribution in [0.15, 0.2) is 29.1 Å². The van der Waals surface area contributed by atoms with Crippen molar-refractivity contribution in [1.29, 1.82) is 0 Å². The van der Waals surface area contributed by atoms with Crippen LogP contribution in [0.3, 0.4) is 0 Å². The summed E-state index contributed by atoms with van der Waals surface area (Å²) in [4.78, 5) is 16.4. The molecule has 0 saturated heterocycles. The molecule has 100 valence electrons. The van der Waals surface area contributed by atoms with E-state index in [2.05, 4.69) is 30.8 Å². The van der Waals surface area contributed by atoms with Crippen LogP contribution in [0.25, 0.3) is 0 Å². The van der Waals surface area contributed by atoms with Crippen LogP contribution >= 0.6 is 15.9 Å². The topological polar surface area (TPSA) is 51.9 Å². The molecule has 0 aliphatic heterocycles. The number of rotatable bonds is 4. The molecular weight excluding hydrogens is 308 g/mol. The van der Waals surface area contributed by atoms with Gasteiger partial charge in [0.2, 0.25) is 0 Å². The zero-order chi connectivity index (χ0) is 13.4. The summed E-state index contributed by atoms with van der Waals surface area (Å²) in [6.07, 6.45) is 7.88. The zero-order valence-corrected chi connectivity index (χ0v) is 12.2. The lowest BCUT2D eigenvalue weighted by Gasteiger charge is -2.08. The summed E-state index contributed by atoms with van der Waals surface area (Å²) in [6, 6.07) is 2.35. The van der Waals surface area contributed by atoms with Crippen molar-refractivity contribution in [3.05, 3.63) is 40.6 Å². The first-order chi connectivity index (χ1) is 9.15. The van der Waals surface area contributed by atoms with E-state index in [1.54, 1.807) is 6.20 Å². The molecule has 2 heterocycles. The first-order valence-electron chi connectivity index (χ1n) is 6.27. The lowest BCUT2D eigenvalue weighted by molar-refractivity contribution is 0.0940. The van der Waals surface area contributed by atoms with Crippen LogP contribution in [0.2, 0.25) is 0 Å². The number of halogens is 1. The summed E-state index contributed by atoms with van der Waals surface area (Å²) in [5, 5.41) is 2.91. The molecule has 0 spiro atoms. The molecule has 1 fully saturated rings. The highest BCUT2D eigenvalue weighted by atomic mass is 79.9. The average Bonchev–Trinajstić information content (AvgIpc) is 3.04. The third-order valence-electron chi connectivity index (χ3n) is 3.32. The molecule has 0 unspecified atom stereocenters. The molecule has 1 saturated carbocycles. The summed E-state index contributed by atoms with van der Waals surface area (Å²) >= 11 is 3.43. The maximum Gasteiger partial charge on any atom is 0.268 e. The van der Waals surface area contributed by atoms with E-state index in [9.17, 15) is 4.79 Å². The van der Waals surface area contributed by atoms with Crippen molar-refractivity contribution in [2.45, 2.75) is 25.4 Å². The number of amides is 1. The molecule has 1 aliphatic carbocycles. The molecule has 2 aromatic heterocycles. The molecule has 5 nitrogen and oxygen atoms in total. The summed E-state index contributed by atoms with van der Waals surface area (Å²) in [5.41, 5.74) is 0.712. The number of aromatic nitrogens is 3. The fourth-order valence-electron chi connectivity index (χ4n) is 2.10. The fourth-order valence-corrected chi connectivity index (χ4v) is 2.54. The molecule has 19 heavy (non-hydrogen) atoms. The van der Waals surface area contributed by atoms with Gasteiger partial charge in [-0.15, -0.1) is 0 Å². The summed E-state index contributed by atoms with van der Waals surface area (Å²) in [6.45, 7) is 0.440. The molecule has 2 aromatic rings. The SMILES string of the molecule is Cn1ccnc1CNC(=O)c1cc(Br)cn1C1CC1. The maximum atomic E-state index is 12.2. The van der Waals surface area contributed by atoms with Crippen LogP contribution in [-0.4, -0.2) is 20.0 Å². The van der Waals surface area contributed by atoms with Gasteiger partial charge in [0.05, 0.1) is 6.54 Å². The van der Waals surface area contributed by atoms with Gasteiger partial charge in [-0.1, -0.05) is 0 Å². The van der Waals surface area contributed by atoms with E-state index in [1.807, 2.05) is 30.1 Å². The largest absolute Gasteiger partial charge is 0.344 e. The Bertz CT molecular complexity index is 612. The van der Waals surface area contributed by atoms with E-state index in [0.29, 0.717) is 18.3 Å². The van der Waals surface area contributed by atoms with Crippen LogP contribution in [0.5, 0.6) is 0 Å². The van der Waals surface area contributed by atoms with Crippen LogP contribution in [0, 0.1) is 0 Å². The Morgan fingerprint density at radius 1 is 1.58 bits per heavy atom. The number of nitrogens with one attached hydrogen (secondary N) is 1. The van der Waals surface area contributed by atoms with Gasteiger partial charge in [0, 0.05) is 36.2 Å². The second kappa shape index (κ2) is 4.85. The van der Waals surface area contributed by atoms with Gasteiger partial charge in [-0.05, 0) is 34.8 Å². The predicted octanol–water partition coefficient (Wildman–Crippen LogP) is 2.25. The third-order valence-corrected chi connectivity index (χ3v) is 3.75. The molecule has 0 radical (unpaired) electrons. The molecule has 3 rings (SSSR count). The fraction of sp³-hybridized carbons (Fsp3) is 0.385. The number of carbonyl (C=O) groups is 1. The van der Waals surface area contributed by atoms with Gasteiger partial charge in [-0.25, -0.2) is 4.98 Å². The molecule has 1 amide bonds. The highest BCUT2D eigenvalue weighted by Gasteiger charge is 2.27. The smallest absolute Gasteiger partial charge is 0.268 e. The van der Waals surface area contributed by atoms with Gasteiger partial charge in [0.1, 0.15) is 11.5 Å². The lowest BCUT2D eigenvalue weighted by atomic mass is 10.4. The quantitative estimate of drug-likeness (QED) is 0.938. The maximum absolute atomic E-state index is 12.2. The van der Waals surface area contributed by atoms with Gasteiger partial charge in [-0.2, -0.15) is 0 Å². The highest BCUT2D eigenvalue weighted by molar-refractivity contribution is 9.10. The number of imidazole rings is 1. The Morgan fingerprint density at radius 2 is 2.37 bits per heavy atom. The summed E-state index contributed by atoms with van der Waals surface area (Å²) in [5.74, 6) is 0.789. The van der Waals surface area contributed by atoms with E-state index in [0.717, 1.165) is 23.1 Å². The second-order valence-electron chi connectivity index (χ2n) is 4.82. The van der Waals surface area contributed by atoms with E-state index >= 15 is 0 Å². The summed E-state index contributed by atoms with van der Waals surface area (Å²) < 4.78 is 4.90. The zero-order valence-electron chi connectivity index (χ0n) is 10.6. The molecule has 1 aliphatic rings. The van der Waals surface area contributed by atoms with E-state index in [-0.39, 0.29) is 5.91 Å². The van der Waals surface area contributed by atoms with Crippen molar-refractivity contribution in [1.82, 2.24) is 19.4 Å². The van der Waals surface area contributed by atoms with E-state index < -0.39 is 0 Å². The van der Waals surface area contributed by atoms with Crippen molar-refractivity contribution in [2.24, 2.45) is 7.05 Å². The Morgan fingerprint density at radius 3 is 3.00 bits per heavy atom. The molecule has 0 bridgehead atoms. The van der Waals surface area contributed by atoms with Crippen molar-refractivity contribution >= 4 is 21.8 Å². The Balaban J connectivity index is 1.72. The molecule has 0 atom stereocenters. The van der Waals surface area contributed by atoms with Crippen LogP contribution < -0.4 is 5.32 Å². The second-order valence-corrected chi connectivity index (χ2v) is 5.73. The van der Waals surface area contributed by atoms with Gasteiger partial charge < -0.3 is 14.5 Å². The molecular formula is C13H15BrN4O. The van der Waals surface area contributed by atoms with Crippen molar-refractivity contribution in [2.75, 3.05) is 0 Å². The van der Waals surface area contributed by atoms with Gasteiger partial charge >= 0.3 is 0 Å². The first-order valence-corrected chi connectivity index (χ1v) is 7.06. The van der Waals surface area contributed by atoms with Gasteiger partial charge in [0.15, 0.2) is 0 Å². The average molecular weight is 323 g/mol. The highest BCUT2D eigenvalue weighted by Crippen LogP contribution is 2.37. The monoisotopic (exact) mass is 322 g/mol. The number of hydrogen-bond acceptors (Lipinski definition) is 2. The van der Waals surface area contributed by atoms with Crippen molar-refractivity contribution < 1.29 is 4.79 Å². The lowest BCUT2D eigenvalue weighted by Crippen LogP contribution is -2.26. The van der Waals surface area contributed by atoms with Crippen molar-refractivity contribution in [3.63, 3.8) is 0 Å². The van der Waals surface area contributed by atoms with E-state index in [1.165, 1.54) is 0 Å². The number of carbonyl (C=O) groups excluding carboxylic acids is 1. The predicted molar refractivity (Wildman–Crippen MR) is 74.8 cm³/mol. The normalized spacial score (nSPS) is 14.6. The number of nitrogens with zero attached hydrogens (tertiary/aromatic N) is 3. The van der Waals surface area contributed by atoms with E-state index in [4.69, 9.17) is 0 Å². The number of hydrogen-bond donors (Lipinski definition) is 1. The molecule has 6 heteroatoms. The Hall–Kier alpha value is -1.56. The Labute approximate surface area is 119 Å². The van der Waals surface area contributed by atoms with Crippen molar-refractivity contribution in [3.8, 4) is 0 Å². The van der Waals surface area contributed by atoms with Gasteiger partial charge in [-0.3, -0.25) is 4.79 Å². The van der Waals surface area contributed by atoms with Crippen LogP contribution in [-0.2, 0) is 13.6 Å². The molecule has 0 aromatic carbocycles. The Kier molecular flexibility index (Phi) is 3.18. The standard InChI is InChI=1S/C13H15BrN4O/c1-17-5-4-15-12(17)7-16-13(19)11-6-9(14)8-18(11)10-2-3-10/h4-6,8,10H,2-3,7H2,1H3,(H,16,19). The van der Waals surface area contributed by atoms with Crippen LogP contribution in [0.1, 0.15) is 35.2 Å². The van der Waals surface area contributed by atoms with Gasteiger partial charge in [0.25, 0.3) is 5.91 Å². The van der Waals surface area contributed by atoms with Crippen LogP contribution in [0.4, 0.5) is 0 Å². The molecule has 1 N–H and O–H groups in total. The minimum atomic E-state index is -0.0550. The summed E-state index contributed by atoms with van der Waals surface area (Å²) in [7, 11) is 1.91. The number of aryl methyl sites for hydroxylation is 1. The minimum Gasteiger partial charge on any atom is -0.344 e. The minimum absolute atomic E-state index is 0.0550.